The van der Waals surface area contributed by atoms with E-state index in [-0.39, 0.29) is 30.7 Å². The Balaban J connectivity index is 0.00000312. The van der Waals surface area contributed by atoms with Crippen LogP contribution >= 0.6 is 24.8 Å². The number of amides is 1. The van der Waals surface area contributed by atoms with Crippen LogP contribution in [0.4, 0.5) is 17.1 Å². The molecule has 0 bridgehead atoms. The highest BCUT2D eigenvalue weighted by atomic mass is 35.5. The average Bonchev–Trinajstić information content (AvgIpc) is 2.60. The average molecular weight is 400 g/mol. The zero-order valence-corrected chi connectivity index (χ0v) is 17.0. The minimum atomic E-state index is -0.162. The Bertz CT molecular complexity index is 694. The van der Waals surface area contributed by atoms with Crippen LogP contribution in [0.25, 0.3) is 0 Å². The second-order valence-electron chi connectivity index (χ2n) is 5.54. The Morgan fingerprint density at radius 2 is 1.77 bits per heavy atom. The number of carbonyl (C=O) groups excluding carboxylic acids is 1. The topological polar surface area (TPSA) is 67.6 Å². The van der Waals surface area contributed by atoms with E-state index in [1.165, 1.54) is 0 Å². The Kier molecular flexibility index (Phi) is 10.6. The molecule has 0 unspecified atom stereocenters. The van der Waals surface area contributed by atoms with E-state index in [1.54, 1.807) is 25.3 Å². The van der Waals surface area contributed by atoms with Crippen molar-refractivity contribution in [1.82, 2.24) is 0 Å². The van der Waals surface area contributed by atoms with Crippen LogP contribution in [0.3, 0.4) is 0 Å². The molecule has 0 aliphatic heterocycles. The van der Waals surface area contributed by atoms with E-state index < -0.39 is 0 Å². The Labute approximate surface area is 167 Å². The van der Waals surface area contributed by atoms with Gasteiger partial charge in [0.25, 0.3) is 5.91 Å². The van der Waals surface area contributed by atoms with Crippen molar-refractivity contribution in [2.75, 3.05) is 36.1 Å². The standard InChI is InChI=1S/C19H25N3O2.2ClH/c1-4-12-22(5-2)16-9-6-14(7-10-16)19(23)21-15-8-11-18(24-3)17(20)13-15;;/h6-11,13H,4-5,12,20H2,1-3H3,(H,21,23);2*1H. The van der Waals surface area contributed by atoms with Gasteiger partial charge in [-0.25, -0.2) is 0 Å². The van der Waals surface area contributed by atoms with Gasteiger partial charge in [0.15, 0.2) is 0 Å². The van der Waals surface area contributed by atoms with Crippen LogP contribution in [-0.4, -0.2) is 26.1 Å². The van der Waals surface area contributed by atoms with E-state index in [4.69, 9.17) is 10.5 Å². The van der Waals surface area contributed by atoms with Crippen LogP contribution in [0.5, 0.6) is 5.75 Å². The Morgan fingerprint density at radius 3 is 2.27 bits per heavy atom. The largest absolute Gasteiger partial charge is 0.495 e. The van der Waals surface area contributed by atoms with Gasteiger partial charge in [0.1, 0.15) is 5.75 Å². The molecule has 0 heterocycles. The predicted molar refractivity (Wildman–Crippen MR) is 114 cm³/mol. The van der Waals surface area contributed by atoms with Gasteiger partial charge in [0.05, 0.1) is 12.8 Å². The van der Waals surface area contributed by atoms with Gasteiger partial charge in [-0.3, -0.25) is 4.79 Å². The lowest BCUT2D eigenvalue weighted by molar-refractivity contribution is 0.102. The summed E-state index contributed by atoms with van der Waals surface area (Å²) < 4.78 is 5.11. The van der Waals surface area contributed by atoms with Gasteiger partial charge in [0.2, 0.25) is 0 Å². The lowest BCUT2D eigenvalue weighted by Gasteiger charge is -2.22. The number of nitrogens with zero attached hydrogens (tertiary/aromatic N) is 1. The highest BCUT2D eigenvalue weighted by Crippen LogP contribution is 2.25. The molecular weight excluding hydrogens is 373 g/mol. The second kappa shape index (κ2) is 11.5. The first-order valence-electron chi connectivity index (χ1n) is 8.18. The third kappa shape index (κ3) is 6.00. The molecule has 0 spiro atoms. The summed E-state index contributed by atoms with van der Waals surface area (Å²) in [5, 5.41) is 2.85. The fourth-order valence-corrected chi connectivity index (χ4v) is 2.58. The minimum Gasteiger partial charge on any atom is -0.495 e. The highest BCUT2D eigenvalue weighted by Gasteiger charge is 2.09. The zero-order valence-electron chi connectivity index (χ0n) is 15.3. The number of hydrogen-bond donors (Lipinski definition) is 2. The number of carbonyl (C=O) groups is 1. The number of anilines is 3. The lowest BCUT2D eigenvalue weighted by atomic mass is 10.1. The van der Waals surface area contributed by atoms with E-state index in [9.17, 15) is 4.79 Å². The number of benzene rings is 2. The molecule has 5 nitrogen and oxygen atoms in total. The highest BCUT2D eigenvalue weighted by molar-refractivity contribution is 6.04. The fraction of sp³-hybridized carbons (Fsp3) is 0.316. The number of methoxy groups -OCH3 is 1. The molecule has 0 saturated heterocycles. The zero-order chi connectivity index (χ0) is 17.5. The van der Waals surface area contributed by atoms with E-state index in [0.29, 0.717) is 22.7 Å². The minimum absolute atomic E-state index is 0. The van der Waals surface area contributed by atoms with Crippen LogP contribution in [-0.2, 0) is 0 Å². The summed E-state index contributed by atoms with van der Waals surface area (Å²) in [5.74, 6) is 0.428. The molecule has 1 amide bonds. The van der Waals surface area contributed by atoms with E-state index in [2.05, 4.69) is 24.1 Å². The van der Waals surface area contributed by atoms with Gasteiger partial charge in [0, 0.05) is 30.0 Å². The summed E-state index contributed by atoms with van der Waals surface area (Å²) in [6.45, 7) is 6.24. The van der Waals surface area contributed by atoms with Gasteiger partial charge in [-0.15, -0.1) is 24.8 Å². The Hall–Kier alpha value is -2.11. The molecule has 0 aliphatic carbocycles. The fourth-order valence-electron chi connectivity index (χ4n) is 2.58. The monoisotopic (exact) mass is 399 g/mol. The van der Waals surface area contributed by atoms with Gasteiger partial charge in [-0.1, -0.05) is 6.92 Å². The van der Waals surface area contributed by atoms with E-state index >= 15 is 0 Å². The summed E-state index contributed by atoms with van der Waals surface area (Å²) in [4.78, 5) is 14.6. The number of nitrogens with two attached hydrogens (primary N) is 1. The normalized spacial score (nSPS) is 9.50. The van der Waals surface area contributed by atoms with Gasteiger partial charge < -0.3 is 20.7 Å². The molecule has 26 heavy (non-hydrogen) atoms. The Morgan fingerprint density at radius 1 is 1.12 bits per heavy atom. The predicted octanol–water partition coefficient (Wildman–Crippen LogP) is 4.61. The molecule has 0 saturated carbocycles. The van der Waals surface area contributed by atoms with Crippen molar-refractivity contribution in [2.45, 2.75) is 20.3 Å². The molecule has 0 fully saturated rings. The molecule has 0 radical (unpaired) electrons. The molecule has 144 valence electrons. The van der Waals surface area contributed by atoms with Crippen molar-refractivity contribution in [3.05, 3.63) is 48.0 Å². The van der Waals surface area contributed by atoms with Crippen LogP contribution in [0, 0.1) is 0 Å². The quantitative estimate of drug-likeness (QED) is 0.666. The number of rotatable bonds is 7. The molecular formula is C19H27Cl2N3O2. The number of ether oxygens (including phenoxy) is 1. The van der Waals surface area contributed by atoms with Gasteiger partial charge >= 0.3 is 0 Å². The summed E-state index contributed by atoms with van der Waals surface area (Å²) in [5.41, 5.74) is 8.73. The maximum absolute atomic E-state index is 12.4. The third-order valence-corrected chi connectivity index (χ3v) is 3.86. The number of nitrogens with one attached hydrogen (secondary N) is 1. The van der Waals surface area contributed by atoms with Gasteiger partial charge in [-0.2, -0.15) is 0 Å². The number of hydrogen-bond acceptors (Lipinski definition) is 4. The summed E-state index contributed by atoms with van der Waals surface area (Å²) >= 11 is 0. The molecule has 2 aromatic carbocycles. The van der Waals surface area contributed by atoms with Crippen molar-refractivity contribution in [3.63, 3.8) is 0 Å². The van der Waals surface area contributed by atoms with Crippen molar-refractivity contribution < 1.29 is 9.53 Å². The van der Waals surface area contributed by atoms with Crippen molar-refractivity contribution >= 4 is 47.8 Å². The third-order valence-electron chi connectivity index (χ3n) is 3.86. The molecule has 2 aromatic rings. The van der Waals surface area contributed by atoms with Crippen LogP contribution in [0.1, 0.15) is 30.6 Å². The second-order valence-corrected chi connectivity index (χ2v) is 5.54. The van der Waals surface area contributed by atoms with E-state index in [0.717, 1.165) is 25.2 Å². The number of halogens is 2. The first-order chi connectivity index (χ1) is 11.6. The molecule has 7 heteroatoms. The van der Waals surface area contributed by atoms with Crippen molar-refractivity contribution in [1.29, 1.82) is 0 Å². The molecule has 0 aromatic heterocycles. The van der Waals surface area contributed by atoms with Crippen LogP contribution < -0.4 is 20.7 Å². The molecule has 2 rings (SSSR count). The maximum Gasteiger partial charge on any atom is 0.255 e. The van der Waals surface area contributed by atoms with Crippen LogP contribution in [0.2, 0.25) is 0 Å². The SMILES string of the molecule is CCCN(CC)c1ccc(C(=O)Nc2ccc(OC)c(N)c2)cc1.Cl.Cl. The molecule has 0 aliphatic rings. The smallest absolute Gasteiger partial charge is 0.255 e. The van der Waals surface area contributed by atoms with Crippen LogP contribution in [0.15, 0.2) is 42.5 Å². The number of nitrogen functional groups attached to an aromatic ring is 1. The summed E-state index contributed by atoms with van der Waals surface area (Å²) in [6.07, 6.45) is 1.09. The summed E-state index contributed by atoms with van der Waals surface area (Å²) in [7, 11) is 1.56. The maximum atomic E-state index is 12.4. The molecule has 3 N–H and O–H groups in total. The van der Waals surface area contributed by atoms with E-state index in [1.807, 2.05) is 24.3 Å². The first-order valence-corrected chi connectivity index (χ1v) is 8.18. The van der Waals surface area contributed by atoms with Crippen molar-refractivity contribution in [2.24, 2.45) is 0 Å². The summed E-state index contributed by atoms with van der Waals surface area (Å²) in [6, 6.07) is 12.8. The lowest BCUT2D eigenvalue weighted by Crippen LogP contribution is -2.23. The van der Waals surface area contributed by atoms with Crippen molar-refractivity contribution in [3.8, 4) is 5.75 Å². The van der Waals surface area contributed by atoms with Gasteiger partial charge in [-0.05, 0) is 55.8 Å². The first kappa shape index (κ1) is 23.9. The molecule has 0 atom stereocenters.